The van der Waals surface area contributed by atoms with E-state index in [9.17, 15) is 4.79 Å². The Bertz CT molecular complexity index is 730. The average Bonchev–Trinajstić information content (AvgIpc) is 3.25. The van der Waals surface area contributed by atoms with E-state index >= 15 is 0 Å². The molecule has 128 valence electrons. The Morgan fingerprint density at radius 2 is 2.00 bits per heavy atom. The van der Waals surface area contributed by atoms with Crippen LogP contribution < -0.4 is 5.73 Å². The molecule has 1 aromatic heterocycles. The fourth-order valence-corrected chi connectivity index (χ4v) is 3.97. The largest absolute Gasteiger partial charge is 0.337 e. The van der Waals surface area contributed by atoms with Gasteiger partial charge in [-0.2, -0.15) is 5.10 Å². The lowest BCUT2D eigenvalue weighted by Gasteiger charge is -2.17. The lowest BCUT2D eigenvalue weighted by atomic mass is 9.98. The van der Waals surface area contributed by atoms with Crippen LogP contribution in [0.15, 0.2) is 30.3 Å². The molecule has 2 heterocycles. The minimum atomic E-state index is 0. The van der Waals surface area contributed by atoms with Crippen LogP contribution in [0.25, 0.3) is 11.3 Å². The molecular formula is C17H20Cl2N4O. The van der Waals surface area contributed by atoms with Gasteiger partial charge in [-0.3, -0.25) is 9.89 Å². The SMILES string of the molecule is Cl.NC1CCC2CN(C(=O)c3cc(-c4ccc(Cl)cc4)n[nH]3)CC12. The zero-order chi connectivity index (χ0) is 16.0. The Morgan fingerprint density at radius 1 is 1.25 bits per heavy atom. The van der Waals surface area contributed by atoms with Crippen LogP contribution in [-0.2, 0) is 0 Å². The number of hydrogen-bond donors (Lipinski definition) is 2. The smallest absolute Gasteiger partial charge is 0.271 e. The standard InChI is InChI=1S/C17H19ClN4O.ClH/c18-12-4-1-10(2-5-12)15-7-16(21-20-15)17(23)22-8-11-3-6-14(19)13(11)9-22;/h1-2,4-5,7,11,13-14H,3,6,8-9,19H2,(H,20,21);1H. The van der Waals surface area contributed by atoms with Gasteiger partial charge in [0, 0.05) is 29.7 Å². The van der Waals surface area contributed by atoms with Crippen molar-refractivity contribution in [2.45, 2.75) is 18.9 Å². The number of likely N-dealkylation sites (tertiary alicyclic amines) is 1. The van der Waals surface area contributed by atoms with Crippen LogP contribution in [0.1, 0.15) is 23.3 Å². The number of halogens is 2. The molecule has 0 bridgehead atoms. The van der Waals surface area contributed by atoms with E-state index in [4.69, 9.17) is 17.3 Å². The van der Waals surface area contributed by atoms with Crippen molar-refractivity contribution in [1.82, 2.24) is 15.1 Å². The van der Waals surface area contributed by atoms with Crippen LogP contribution in [0, 0.1) is 11.8 Å². The molecular weight excluding hydrogens is 347 g/mol. The Kier molecular flexibility index (Phi) is 4.85. The van der Waals surface area contributed by atoms with Crippen molar-refractivity contribution < 1.29 is 4.79 Å². The van der Waals surface area contributed by atoms with Crippen molar-refractivity contribution in [2.75, 3.05) is 13.1 Å². The fraction of sp³-hybridized carbons (Fsp3) is 0.412. The molecule has 0 spiro atoms. The maximum absolute atomic E-state index is 12.7. The van der Waals surface area contributed by atoms with Gasteiger partial charge in [0.25, 0.3) is 5.91 Å². The Balaban J connectivity index is 0.00000169. The molecule has 2 aliphatic rings. The highest BCUT2D eigenvalue weighted by atomic mass is 35.5. The summed E-state index contributed by atoms with van der Waals surface area (Å²) in [4.78, 5) is 14.6. The number of nitrogens with two attached hydrogens (primary N) is 1. The van der Waals surface area contributed by atoms with Crippen LogP contribution in [0.2, 0.25) is 5.02 Å². The number of nitrogens with zero attached hydrogens (tertiary/aromatic N) is 2. The number of hydrogen-bond acceptors (Lipinski definition) is 3. The van der Waals surface area contributed by atoms with E-state index in [1.54, 1.807) is 6.07 Å². The first-order chi connectivity index (χ1) is 11.1. The van der Waals surface area contributed by atoms with E-state index in [1.807, 2.05) is 29.2 Å². The second kappa shape index (κ2) is 6.75. The third-order valence-corrected chi connectivity index (χ3v) is 5.40. The molecule has 1 saturated heterocycles. The van der Waals surface area contributed by atoms with Crippen LogP contribution in [-0.4, -0.2) is 40.1 Å². The number of carbonyl (C=O) groups excluding carboxylic acids is 1. The van der Waals surface area contributed by atoms with Crippen molar-refractivity contribution in [1.29, 1.82) is 0 Å². The van der Waals surface area contributed by atoms with Crippen LogP contribution >= 0.6 is 24.0 Å². The quantitative estimate of drug-likeness (QED) is 0.857. The Hall–Kier alpha value is -1.56. The number of nitrogens with one attached hydrogen (secondary N) is 1. The molecule has 0 radical (unpaired) electrons. The zero-order valence-electron chi connectivity index (χ0n) is 13.1. The van der Waals surface area contributed by atoms with Gasteiger partial charge in [0.2, 0.25) is 0 Å². The molecule has 24 heavy (non-hydrogen) atoms. The first-order valence-corrected chi connectivity index (χ1v) is 8.36. The van der Waals surface area contributed by atoms with E-state index in [1.165, 1.54) is 0 Å². The summed E-state index contributed by atoms with van der Waals surface area (Å²) in [5, 5.41) is 7.80. The van der Waals surface area contributed by atoms with Gasteiger partial charge >= 0.3 is 0 Å². The number of H-pyrrole nitrogens is 1. The third-order valence-electron chi connectivity index (χ3n) is 5.15. The molecule has 7 heteroatoms. The van der Waals surface area contributed by atoms with Gasteiger partial charge in [-0.05, 0) is 42.9 Å². The first kappa shape index (κ1) is 17.3. The van der Waals surface area contributed by atoms with E-state index in [2.05, 4.69) is 10.2 Å². The van der Waals surface area contributed by atoms with Gasteiger partial charge in [0.15, 0.2) is 0 Å². The maximum Gasteiger partial charge on any atom is 0.271 e. The van der Waals surface area contributed by atoms with Crippen molar-refractivity contribution in [3.63, 3.8) is 0 Å². The maximum atomic E-state index is 12.7. The van der Waals surface area contributed by atoms with Crippen LogP contribution in [0.3, 0.4) is 0 Å². The van der Waals surface area contributed by atoms with E-state index in [0.717, 1.165) is 37.2 Å². The van der Waals surface area contributed by atoms with Gasteiger partial charge in [0.1, 0.15) is 5.69 Å². The molecule has 3 N–H and O–H groups in total. The molecule has 1 aromatic carbocycles. The minimum absolute atomic E-state index is 0. The number of rotatable bonds is 2. The van der Waals surface area contributed by atoms with Crippen LogP contribution in [0.5, 0.6) is 0 Å². The zero-order valence-corrected chi connectivity index (χ0v) is 14.7. The molecule has 1 aliphatic carbocycles. The lowest BCUT2D eigenvalue weighted by Crippen LogP contribution is -2.33. The van der Waals surface area contributed by atoms with Gasteiger partial charge in [-0.15, -0.1) is 12.4 Å². The second-order valence-corrected chi connectivity index (χ2v) is 6.99. The summed E-state index contributed by atoms with van der Waals surface area (Å²) in [7, 11) is 0. The molecule has 1 amide bonds. The van der Waals surface area contributed by atoms with E-state index in [-0.39, 0.29) is 24.4 Å². The molecule has 3 unspecified atom stereocenters. The molecule has 2 fully saturated rings. The molecule has 2 aromatic rings. The Morgan fingerprint density at radius 3 is 2.71 bits per heavy atom. The van der Waals surface area contributed by atoms with Gasteiger partial charge in [-0.1, -0.05) is 23.7 Å². The van der Waals surface area contributed by atoms with Crippen LogP contribution in [0.4, 0.5) is 0 Å². The highest BCUT2D eigenvalue weighted by Gasteiger charge is 2.42. The number of benzene rings is 1. The van der Waals surface area contributed by atoms with E-state index in [0.29, 0.717) is 22.6 Å². The molecule has 4 rings (SSSR count). The van der Waals surface area contributed by atoms with Gasteiger partial charge < -0.3 is 10.6 Å². The normalized spacial score (nSPS) is 25.4. The second-order valence-electron chi connectivity index (χ2n) is 6.55. The molecule has 1 saturated carbocycles. The molecule has 1 aliphatic heterocycles. The summed E-state index contributed by atoms with van der Waals surface area (Å²) in [6.07, 6.45) is 2.22. The highest BCUT2D eigenvalue weighted by Crippen LogP contribution is 2.37. The minimum Gasteiger partial charge on any atom is -0.337 e. The highest BCUT2D eigenvalue weighted by molar-refractivity contribution is 6.30. The van der Waals surface area contributed by atoms with Crippen molar-refractivity contribution >= 4 is 29.9 Å². The summed E-state index contributed by atoms with van der Waals surface area (Å²) in [6, 6.07) is 9.47. The van der Waals surface area contributed by atoms with Crippen molar-refractivity contribution in [3.05, 3.63) is 41.0 Å². The summed E-state index contributed by atoms with van der Waals surface area (Å²) < 4.78 is 0. The number of carbonyl (C=O) groups is 1. The van der Waals surface area contributed by atoms with E-state index < -0.39 is 0 Å². The van der Waals surface area contributed by atoms with Crippen molar-refractivity contribution in [2.24, 2.45) is 17.6 Å². The average molecular weight is 367 g/mol. The summed E-state index contributed by atoms with van der Waals surface area (Å²) in [5.74, 6) is 1.03. The number of amides is 1. The Labute approximate surface area is 152 Å². The predicted molar refractivity (Wildman–Crippen MR) is 96.4 cm³/mol. The van der Waals surface area contributed by atoms with Gasteiger partial charge in [0.05, 0.1) is 5.69 Å². The predicted octanol–water partition coefficient (Wildman–Crippen LogP) is 2.96. The topological polar surface area (TPSA) is 75.0 Å². The summed E-state index contributed by atoms with van der Waals surface area (Å²) >= 11 is 5.90. The number of aromatic amines is 1. The monoisotopic (exact) mass is 366 g/mol. The number of aromatic nitrogens is 2. The van der Waals surface area contributed by atoms with Crippen molar-refractivity contribution in [3.8, 4) is 11.3 Å². The molecule has 3 atom stereocenters. The summed E-state index contributed by atoms with van der Waals surface area (Å²) in [5.41, 5.74) is 8.36. The number of fused-ring (bicyclic) bond motifs is 1. The third kappa shape index (κ3) is 3.04. The van der Waals surface area contributed by atoms with Gasteiger partial charge in [-0.25, -0.2) is 0 Å². The lowest BCUT2D eigenvalue weighted by molar-refractivity contribution is 0.0773. The molecule has 5 nitrogen and oxygen atoms in total. The first-order valence-electron chi connectivity index (χ1n) is 7.98. The fourth-order valence-electron chi connectivity index (χ4n) is 3.84. The summed E-state index contributed by atoms with van der Waals surface area (Å²) in [6.45, 7) is 1.58.